The number of nitrogens with one attached hydrogen (secondary N) is 1. The molecule has 0 saturated carbocycles. The maximum atomic E-state index is 12.1. The first-order chi connectivity index (χ1) is 8.97. The zero-order valence-electron chi connectivity index (χ0n) is 10.9. The summed E-state index contributed by atoms with van der Waals surface area (Å²) < 4.78 is 2.72. The molecule has 19 heavy (non-hydrogen) atoms. The SMILES string of the molecule is CC(NC(=O)c1cc(N)cn1C)c1cccc(Br)c1. The molecule has 1 aromatic heterocycles. The van der Waals surface area contributed by atoms with Gasteiger partial charge < -0.3 is 15.6 Å². The Kier molecular flexibility index (Phi) is 3.95. The van der Waals surface area contributed by atoms with Crippen molar-refractivity contribution in [3.05, 3.63) is 52.3 Å². The Balaban J connectivity index is 2.13. The number of carbonyl (C=O) groups is 1. The van der Waals surface area contributed by atoms with Gasteiger partial charge in [-0.2, -0.15) is 0 Å². The summed E-state index contributed by atoms with van der Waals surface area (Å²) in [6.45, 7) is 1.95. The average Bonchev–Trinajstić information content (AvgIpc) is 2.68. The highest BCUT2D eigenvalue weighted by Gasteiger charge is 2.14. The van der Waals surface area contributed by atoms with Crippen LogP contribution in [-0.4, -0.2) is 10.5 Å². The largest absolute Gasteiger partial charge is 0.397 e. The van der Waals surface area contributed by atoms with Crippen molar-refractivity contribution in [1.82, 2.24) is 9.88 Å². The summed E-state index contributed by atoms with van der Waals surface area (Å²) >= 11 is 3.42. The Bertz CT molecular complexity index is 606. The molecule has 1 atom stereocenters. The van der Waals surface area contributed by atoms with Gasteiger partial charge in [-0.1, -0.05) is 28.1 Å². The number of rotatable bonds is 3. The van der Waals surface area contributed by atoms with E-state index in [0.29, 0.717) is 11.4 Å². The molecule has 0 fully saturated rings. The number of nitrogens with two attached hydrogens (primary N) is 1. The lowest BCUT2D eigenvalue weighted by Crippen LogP contribution is -2.28. The fourth-order valence-corrected chi connectivity index (χ4v) is 2.36. The number of nitrogen functional groups attached to an aromatic ring is 1. The van der Waals surface area contributed by atoms with Crippen LogP contribution in [0.2, 0.25) is 0 Å². The second-order valence-electron chi connectivity index (χ2n) is 4.52. The number of nitrogens with zero attached hydrogens (tertiary/aromatic N) is 1. The summed E-state index contributed by atoms with van der Waals surface area (Å²) in [5.74, 6) is -0.133. The molecular formula is C14H16BrN3O. The number of amides is 1. The third-order valence-electron chi connectivity index (χ3n) is 2.96. The number of carbonyl (C=O) groups excluding carboxylic acids is 1. The van der Waals surface area contributed by atoms with Gasteiger partial charge in [-0.15, -0.1) is 0 Å². The predicted molar refractivity (Wildman–Crippen MR) is 79.8 cm³/mol. The van der Waals surface area contributed by atoms with Crippen molar-refractivity contribution in [2.24, 2.45) is 7.05 Å². The van der Waals surface area contributed by atoms with E-state index in [1.807, 2.05) is 31.2 Å². The molecule has 0 radical (unpaired) electrons. The lowest BCUT2D eigenvalue weighted by atomic mass is 10.1. The summed E-state index contributed by atoms with van der Waals surface area (Å²) in [4.78, 5) is 12.1. The van der Waals surface area contributed by atoms with Crippen molar-refractivity contribution in [2.75, 3.05) is 5.73 Å². The third kappa shape index (κ3) is 3.17. The minimum atomic E-state index is -0.133. The highest BCUT2D eigenvalue weighted by atomic mass is 79.9. The molecule has 0 aliphatic carbocycles. The van der Waals surface area contributed by atoms with Crippen LogP contribution in [0.5, 0.6) is 0 Å². The van der Waals surface area contributed by atoms with Crippen molar-refractivity contribution < 1.29 is 4.79 Å². The van der Waals surface area contributed by atoms with Gasteiger partial charge in [0.15, 0.2) is 0 Å². The predicted octanol–water partition coefficient (Wildman–Crippen LogP) is 2.86. The molecule has 100 valence electrons. The number of hydrogen-bond acceptors (Lipinski definition) is 2. The number of benzene rings is 1. The van der Waals surface area contributed by atoms with E-state index in [1.165, 1.54) is 0 Å². The lowest BCUT2D eigenvalue weighted by Gasteiger charge is -2.14. The standard InChI is InChI=1S/C14H16BrN3O/c1-9(10-4-3-5-11(15)6-10)17-14(19)13-7-12(16)8-18(13)2/h3-9H,16H2,1-2H3,(H,17,19). The molecule has 4 nitrogen and oxygen atoms in total. The first kappa shape index (κ1) is 13.7. The Morgan fingerprint density at radius 1 is 1.42 bits per heavy atom. The second kappa shape index (κ2) is 5.48. The zero-order valence-corrected chi connectivity index (χ0v) is 12.4. The molecule has 3 N–H and O–H groups in total. The van der Waals surface area contributed by atoms with E-state index in [4.69, 9.17) is 5.73 Å². The normalized spacial score (nSPS) is 12.2. The molecule has 1 aromatic carbocycles. The molecule has 5 heteroatoms. The number of aryl methyl sites for hydroxylation is 1. The summed E-state index contributed by atoms with van der Waals surface area (Å²) in [6, 6.07) is 9.47. The van der Waals surface area contributed by atoms with Gasteiger partial charge in [0.1, 0.15) is 5.69 Å². The van der Waals surface area contributed by atoms with E-state index in [2.05, 4.69) is 21.2 Å². The quantitative estimate of drug-likeness (QED) is 0.913. The van der Waals surface area contributed by atoms with E-state index >= 15 is 0 Å². The van der Waals surface area contributed by atoms with Crippen LogP contribution in [-0.2, 0) is 7.05 Å². The molecule has 1 heterocycles. The molecule has 0 bridgehead atoms. The first-order valence-corrected chi connectivity index (χ1v) is 6.75. The van der Waals surface area contributed by atoms with Gasteiger partial charge in [-0.25, -0.2) is 0 Å². The van der Waals surface area contributed by atoms with Crippen molar-refractivity contribution >= 4 is 27.5 Å². The van der Waals surface area contributed by atoms with E-state index in [0.717, 1.165) is 10.0 Å². The van der Waals surface area contributed by atoms with Crippen molar-refractivity contribution in [3.8, 4) is 0 Å². The van der Waals surface area contributed by atoms with Crippen molar-refractivity contribution in [2.45, 2.75) is 13.0 Å². The van der Waals surface area contributed by atoms with Gasteiger partial charge >= 0.3 is 0 Å². The summed E-state index contributed by atoms with van der Waals surface area (Å²) in [7, 11) is 1.80. The molecule has 0 spiro atoms. The van der Waals surface area contributed by atoms with Crippen LogP contribution in [0.1, 0.15) is 29.0 Å². The average molecular weight is 322 g/mol. The van der Waals surface area contributed by atoms with E-state index in [-0.39, 0.29) is 11.9 Å². The molecule has 1 unspecified atom stereocenters. The van der Waals surface area contributed by atoms with Crippen molar-refractivity contribution in [3.63, 3.8) is 0 Å². The highest BCUT2D eigenvalue weighted by molar-refractivity contribution is 9.10. The smallest absolute Gasteiger partial charge is 0.268 e. The molecule has 1 amide bonds. The van der Waals surface area contributed by atoms with Gasteiger partial charge in [0.2, 0.25) is 0 Å². The summed E-state index contributed by atoms with van der Waals surface area (Å²) in [5.41, 5.74) is 7.86. The maximum Gasteiger partial charge on any atom is 0.268 e. The molecule has 0 aliphatic heterocycles. The Morgan fingerprint density at radius 3 is 2.74 bits per heavy atom. The van der Waals surface area contributed by atoms with Gasteiger partial charge in [0.25, 0.3) is 5.91 Å². The van der Waals surface area contributed by atoms with Crippen LogP contribution < -0.4 is 11.1 Å². The highest BCUT2D eigenvalue weighted by Crippen LogP contribution is 2.18. The summed E-state index contributed by atoms with van der Waals surface area (Å²) in [5, 5.41) is 2.96. The van der Waals surface area contributed by atoms with Crippen LogP contribution in [0.4, 0.5) is 5.69 Å². The van der Waals surface area contributed by atoms with E-state index < -0.39 is 0 Å². The zero-order chi connectivity index (χ0) is 14.0. The van der Waals surface area contributed by atoms with Gasteiger partial charge in [-0.05, 0) is 30.7 Å². The van der Waals surface area contributed by atoms with Crippen molar-refractivity contribution in [1.29, 1.82) is 0 Å². The number of halogens is 1. The molecule has 0 aliphatic rings. The lowest BCUT2D eigenvalue weighted by molar-refractivity contribution is 0.0931. The van der Waals surface area contributed by atoms with Gasteiger partial charge in [0, 0.05) is 17.7 Å². The Labute approximate surface area is 120 Å². The first-order valence-electron chi connectivity index (χ1n) is 5.95. The Morgan fingerprint density at radius 2 is 2.16 bits per heavy atom. The van der Waals surface area contributed by atoms with E-state index in [1.54, 1.807) is 23.9 Å². The van der Waals surface area contributed by atoms with Crippen LogP contribution >= 0.6 is 15.9 Å². The fraction of sp³-hybridized carbons (Fsp3) is 0.214. The second-order valence-corrected chi connectivity index (χ2v) is 5.44. The number of hydrogen-bond donors (Lipinski definition) is 2. The third-order valence-corrected chi connectivity index (χ3v) is 3.45. The minimum absolute atomic E-state index is 0.0684. The van der Waals surface area contributed by atoms with E-state index in [9.17, 15) is 4.79 Å². The Hall–Kier alpha value is -1.75. The molecule has 2 rings (SSSR count). The van der Waals surface area contributed by atoms with Gasteiger partial charge in [-0.3, -0.25) is 4.79 Å². The van der Waals surface area contributed by atoms with Crippen LogP contribution in [0.25, 0.3) is 0 Å². The van der Waals surface area contributed by atoms with Crippen LogP contribution in [0.3, 0.4) is 0 Å². The number of aromatic nitrogens is 1. The molecular weight excluding hydrogens is 306 g/mol. The van der Waals surface area contributed by atoms with Crippen LogP contribution in [0.15, 0.2) is 41.0 Å². The maximum absolute atomic E-state index is 12.1. The fourth-order valence-electron chi connectivity index (χ4n) is 1.95. The van der Waals surface area contributed by atoms with Crippen LogP contribution in [0, 0.1) is 0 Å². The molecule has 0 saturated heterocycles. The minimum Gasteiger partial charge on any atom is -0.397 e. The monoisotopic (exact) mass is 321 g/mol. The number of anilines is 1. The topological polar surface area (TPSA) is 60.1 Å². The van der Waals surface area contributed by atoms with Gasteiger partial charge in [0.05, 0.1) is 11.7 Å². The summed E-state index contributed by atoms with van der Waals surface area (Å²) in [6.07, 6.45) is 1.72. The molecule has 2 aromatic rings.